The number of hydrogen-bond donors (Lipinski definition) is 1. The molecule has 19 heavy (non-hydrogen) atoms. The first-order valence-corrected chi connectivity index (χ1v) is 7.88. The van der Waals surface area contributed by atoms with Crippen molar-refractivity contribution >= 4 is 5.69 Å². The van der Waals surface area contributed by atoms with Crippen LogP contribution in [0.25, 0.3) is 0 Å². The van der Waals surface area contributed by atoms with Crippen molar-refractivity contribution in [1.82, 2.24) is 4.90 Å². The Morgan fingerprint density at radius 2 is 1.79 bits per heavy atom. The van der Waals surface area contributed by atoms with E-state index in [0.29, 0.717) is 6.04 Å². The average Bonchev–Trinajstić information content (AvgIpc) is 2.70. The number of nitrogens with zero attached hydrogens (tertiary/aromatic N) is 1. The smallest absolute Gasteiger partial charge is 0.0373 e. The van der Waals surface area contributed by atoms with Gasteiger partial charge in [0.25, 0.3) is 0 Å². The molecule has 1 N–H and O–H groups in total. The van der Waals surface area contributed by atoms with Gasteiger partial charge in [-0.15, -0.1) is 0 Å². The van der Waals surface area contributed by atoms with E-state index >= 15 is 0 Å². The molecule has 0 amide bonds. The second kappa shape index (κ2) is 5.96. The largest absolute Gasteiger partial charge is 0.383 e. The van der Waals surface area contributed by atoms with E-state index in [1.807, 2.05) is 0 Å². The number of likely N-dealkylation sites (N-methyl/N-ethyl adjacent to an activating group) is 1. The molecule has 0 saturated heterocycles. The molecule has 1 aliphatic heterocycles. The average molecular weight is 258 g/mol. The second-order valence-electron chi connectivity index (χ2n) is 6.19. The molecule has 0 aromatic heterocycles. The standard InChI is InChI=1S/C17H26N2/c1-19(15-8-3-2-4-9-15)16-12-11-14-7-5-6-10-17(14)18-13-16/h5-7,10,15-16,18H,2-4,8-9,11-13H2,1H3. The fourth-order valence-electron chi connectivity index (χ4n) is 3.70. The van der Waals surface area contributed by atoms with Crippen LogP contribution in [0, 0.1) is 0 Å². The van der Waals surface area contributed by atoms with Gasteiger partial charge in [0.15, 0.2) is 0 Å². The molecule has 3 rings (SSSR count). The highest BCUT2D eigenvalue weighted by Crippen LogP contribution is 2.27. The minimum atomic E-state index is 0.690. The Morgan fingerprint density at radius 3 is 2.63 bits per heavy atom. The van der Waals surface area contributed by atoms with Crippen LogP contribution in [-0.2, 0) is 6.42 Å². The van der Waals surface area contributed by atoms with E-state index in [-0.39, 0.29) is 0 Å². The molecule has 1 atom stereocenters. The lowest BCUT2D eigenvalue weighted by molar-refractivity contribution is 0.138. The van der Waals surface area contributed by atoms with Crippen molar-refractivity contribution in [3.8, 4) is 0 Å². The molecule has 1 heterocycles. The van der Waals surface area contributed by atoms with E-state index in [1.54, 1.807) is 0 Å². The highest BCUT2D eigenvalue weighted by molar-refractivity contribution is 5.52. The summed E-state index contributed by atoms with van der Waals surface area (Å²) in [6.07, 6.45) is 9.60. The van der Waals surface area contributed by atoms with Gasteiger partial charge in [-0.05, 0) is 44.4 Å². The molecule has 0 radical (unpaired) electrons. The highest BCUT2D eigenvalue weighted by Gasteiger charge is 2.25. The van der Waals surface area contributed by atoms with Gasteiger partial charge < -0.3 is 5.32 Å². The zero-order chi connectivity index (χ0) is 13.1. The molecule has 2 aliphatic rings. The fraction of sp³-hybridized carbons (Fsp3) is 0.647. The third kappa shape index (κ3) is 2.94. The lowest BCUT2D eigenvalue weighted by Gasteiger charge is -2.37. The molecular formula is C17H26N2. The van der Waals surface area contributed by atoms with Crippen molar-refractivity contribution in [3.63, 3.8) is 0 Å². The lowest BCUT2D eigenvalue weighted by Crippen LogP contribution is -2.44. The van der Waals surface area contributed by atoms with Gasteiger partial charge in [0, 0.05) is 24.3 Å². The van der Waals surface area contributed by atoms with Crippen LogP contribution in [0.3, 0.4) is 0 Å². The maximum atomic E-state index is 3.65. The van der Waals surface area contributed by atoms with Crippen LogP contribution in [0.4, 0.5) is 5.69 Å². The molecule has 1 aliphatic carbocycles. The van der Waals surface area contributed by atoms with Crippen molar-refractivity contribution in [1.29, 1.82) is 0 Å². The van der Waals surface area contributed by atoms with E-state index < -0.39 is 0 Å². The van der Waals surface area contributed by atoms with E-state index in [0.717, 1.165) is 12.6 Å². The topological polar surface area (TPSA) is 15.3 Å². The Balaban J connectivity index is 1.64. The first kappa shape index (κ1) is 13.0. The van der Waals surface area contributed by atoms with Gasteiger partial charge in [0.05, 0.1) is 0 Å². The Bertz CT molecular complexity index is 382. The van der Waals surface area contributed by atoms with Crippen molar-refractivity contribution < 1.29 is 0 Å². The number of anilines is 1. The normalized spacial score (nSPS) is 24.6. The molecule has 1 fully saturated rings. The van der Waals surface area contributed by atoms with Crippen LogP contribution in [0.15, 0.2) is 24.3 Å². The fourth-order valence-corrected chi connectivity index (χ4v) is 3.70. The van der Waals surface area contributed by atoms with Gasteiger partial charge >= 0.3 is 0 Å². The first-order chi connectivity index (χ1) is 9.34. The second-order valence-corrected chi connectivity index (χ2v) is 6.19. The molecule has 1 unspecified atom stereocenters. The molecule has 0 bridgehead atoms. The van der Waals surface area contributed by atoms with E-state index in [2.05, 4.69) is 41.5 Å². The predicted octanol–water partition coefficient (Wildman–Crippen LogP) is 3.68. The summed E-state index contributed by atoms with van der Waals surface area (Å²) in [6.45, 7) is 1.10. The molecule has 0 spiro atoms. The highest BCUT2D eigenvalue weighted by atomic mass is 15.2. The van der Waals surface area contributed by atoms with E-state index in [4.69, 9.17) is 0 Å². The third-order valence-corrected chi connectivity index (χ3v) is 5.02. The quantitative estimate of drug-likeness (QED) is 0.870. The molecule has 1 saturated carbocycles. The predicted molar refractivity (Wildman–Crippen MR) is 81.7 cm³/mol. The van der Waals surface area contributed by atoms with Crippen LogP contribution < -0.4 is 5.32 Å². The molecule has 104 valence electrons. The summed E-state index contributed by atoms with van der Waals surface area (Å²) in [4.78, 5) is 2.66. The molecule has 2 heteroatoms. The number of rotatable bonds is 2. The zero-order valence-electron chi connectivity index (χ0n) is 12.1. The van der Waals surface area contributed by atoms with Crippen molar-refractivity contribution in [2.24, 2.45) is 0 Å². The summed E-state index contributed by atoms with van der Waals surface area (Å²) in [5.41, 5.74) is 2.84. The van der Waals surface area contributed by atoms with Crippen LogP contribution >= 0.6 is 0 Å². The Labute approximate surface area is 117 Å². The van der Waals surface area contributed by atoms with Crippen LogP contribution in [0.2, 0.25) is 0 Å². The summed E-state index contributed by atoms with van der Waals surface area (Å²) in [7, 11) is 2.35. The lowest BCUT2D eigenvalue weighted by atomic mass is 9.93. The van der Waals surface area contributed by atoms with E-state index in [1.165, 1.54) is 56.2 Å². The van der Waals surface area contributed by atoms with Gasteiger partial charge in [-0.3, -0.25) is 4.90 Å². The number of aryl methyl sites for hydroxylation is 1. The molecule has 2 nitrogen and oxygen atoms in total. The van der Waals surface area contributed by atoms with Gasteiger partial charge in [-0.1, -0.05) is 37.5 Å². The van der Waals surface area contributed by atoms with Crippen molar-refractivity contribution in [2.75, 3.05) is 18.9 Å². The summed E-state index contributed by atoms with van der Waals surface area (Å²) in [5, 5.41) is 3.65. The van der Waals surface area contributed by atoms with Crippen LogP contribution in [0.5, 0.6) is 0 Å². The Hall–Kier alpha value is -1.02. The summed E-state index contributed by atoms with van der Waals surface area (Å²) >= 11 is 0. The maximum Gasteiger partial charge on any atom is 0.0373 e. The number of nitrogens with one attached hydrogen (secondary N) is 1. The minimum absolute atomic E-state index is 0.690. The number of benzene rings is 1. The monoisotopic (exact) mass is 258 g/mol. The molecule has 1 aromatic carbocycles. The van der Waals surface area contributed by atoms with Gasteiger partial charge in [0.1, 0.15) is 0 Å². The maximum absolute atomic E-state index is 3.65. The summed E-state index contributed by atoms with van der Waals surface area (Å²) < 4.78 is 0. The Morgan fingerprint density at radius 1 is 1.00 bits per heavy atom. The van der Waals surface area contributed by atoms with Gasteiger partial charge in [-0.2, -0.15) is 0 Å². The number of fused-ring (bicyclic) bond motifs is 1. The van der Waals surface area contributed by atoms with Gasteiger partial charge in [0.2, 0.25) is 0 Å². The van der Waals surface area contributed by atoms with Gasteiger partial charge in [-0.25, -0.2) is 0 Å². The zero-order valence-corrected chi connectivity index (χ0v) is 12.1. The first-order valence-electron chi connectivity index (χ1n) is 7.88. The number of hydrogen-bond acceptors (Lipinski definition) is 2. The van der Waals surface area contributed by atoms with Crippen LogP contribution in [-0.4, -0.2) is 30.6 Å². The molecule has 1 aromatic rings. The summed E-state index contributed by atoms with van der Waals surface area (Å²) in [6, 6.07) is 10.3. The SMILES string of the molecule is CN(C1CCCCC1)C1CCc2ccccc2NC1. The van der Waals surface area contributed by atoms with Crippen molar-refractivity contribution in [3.05, 3.63) is 29.8 Å². The molecular weight excluding hydrogens is 232 g/mol. The summed E-state index contributed by atoms with van der Waals surface area (Å²) in [5.74, 6) is 0. The van der Waals surface area contributed by atoms with E-state index in [9.17, 15) is 0 Å². The van der Waals surface area contributed by atoms with Crippen molar-refractivity contribution in [2.45, 2.75) is 57.0 Å². The number of para-hydroxylation sites is 1. The minimum Gasteiger partial charge on any atom is -0.383 e. The van der Waals surface area contributed by atoms with Crippen LogP contribution in [0.1, 0.15) is 44.1 Å². The Kier molecular flexibility index (Phi) is 4.07. The third-order valence-electron chi connectivity index (χ3n) is 5.02.